The second-order valence-electron chi connectivity index (χ2n) is 6.24. The van der Waals surface area contributed by atoms with Crippen LogP contribution in [0.3, 0.4) is 0 Å². The molecule has 2 rings (SSSR count). The van der Waals surface area contributed by atoms with E-state index in [0.717, 1.165) is 11.4 Å². The number of hydrogen-bond acceptors (Lipinski definition) is 2. The highest BCUT2D eigenvalue weighted by atomic mass is 16.5. The van der Waals surface area contributed by atoms with E-state index < -0.39 is 0 Å². The van der Waals surface area contributed by atoms with Crippen LogP contribution in [-0.2, 0) is 0 Å². The van der Waals surface area contributed by atoms with Crippen LogP contribution in [0.5, 0.6) is 5.75 Å². The fraction of sp³-hybridized carbons (Fsp3) is 0.625. The predicted molar refractivity (Wildman–Crippen MR) is 77.2 cm³/mol. The van der Waals surface area contributed by atoms with Gasteiger partial charge in [-0.1, -0.05) is 32.4 Å². The molecular formula is C16H25NO. The van der Waals surface area contributed by atoms with Crippen molar-refractivity contribution in [3.63, 3.8) is 0 Å². The van der Waals surface area contributed by atoms with Gasteiger partial charge in [0.2, 0.25) is 0 Å². The van der Waals surface area contributed by atoms with Crippen LogP contribution in [0.1, 0.15) is 47.0 Å². The average Bonchev–Trinajstić information content (AvgIpc) is 2.60. The van der Waals surface area contributed by atoms with Gasteiger partial charge in [0.05, 0.1) is 11.8 Å². The molecule has 1 aromatic carbocycles. The molecule has 0 aliphatic heterocycles. The van der Waals surface area contributed by atoms with Crippen molar-refractivity contribution in [2.24, 2.45) is 5.41 Å². The topological polar surface area (TPSA) is 21.3 Å². The first-order chi connectivity index (χ1) is 8.49. The van der Waals surface area contributed by atoms with Gasteiger partial charge in [-0.05, 0) is 44.2 Å². The third-order valence-electron chi connectivity index (χ3n) is 3.84. The molecule has 1 atom stereocenters. The molecular weight excluding hydrogens is 222 g/mol. The smallest absolute Gasteiger partial charge is 0.142 e. The zero-order chi connectivity index (χ0) is 13.2. The quantitative estimate of drug-likeness (QED) is 0.848. The number of nitrogens with one attached hydrogen (secondary N) is 1. The Bertz CT molecular complexity index is 398. The molecule has 100 valence electrons. The molecule has 18 heavy (non-hydrogen) atoms. The lowest BCUT2D eigenvalue weighted by Gasteiger charge is -2.29. The minimum Gasteiger partial charge on any atom is -0.489 e. The van der Waals surface area contributed by atoms with Crippen LogP contribution in [-0.4, -0.2) is 12.1 Å². The molecule has 1 aromatic rings. The molecule has 0 radical (unpaired) electrons. The molecule has 1 saturated carbocycles. The van der Waals surface area contributed by atoms with Gasteiger partial charge in [-0.25, -0.2) is 0 Å². The minimum absolute atomic E-state index is 0.213. The number of hydrogen-bond donors (Lipinski definition) is 1. The van der Waals surface area contributed by atoms with Crippen LogP contribution in [0.4, 0.5) is 5.69 Å². The maximum atomic E-state index is 5.86. The van der Waals surface area contributed by atoms with Gasteiger partial charge < -0.3 is 10.1 Å². The molecule has 2 heteroatoms. The van der Waals surface area contributed by atoms with Crippen LogP contribution >= 0.6 is 0 Å². The van der Waals surface area contributed by atoms with Crippen LogP contribution in [0.25, 0.3) is 0 Å². The monoisotopic (exact) mass is 247 g/mol. The zero-order valence-electron chi connectivity index (χ0n) is 12.0. The highest BCUT2D eigenvalue weighted by Crippen LogP contribution is 2.40. The summed E-state index contributed by atoms with van der Waals surface area (Å²) in [4.78, 5) is 0. The number of para-hydroxylation sites is 2. The number of benzene rings is 1. The van der Waals surface area contributed by atoms with Crippen molar-refractivity contribution >= 4 is 5.69 Å². The van der Waals surface area contributed by atoms with Gasteiger partial charge in [-0.3, -0.25) is 0 Å². The lowest BCUT2D eigenvalue weighted by Crippen LogP contribution is -2.31. The molecule has 1 N–H and O–H groups in total. The second kappa shape index (κ2) is 5.21. The molecule has 1 unspecified atom stereocenters. The Labute approximate surface area is 111 Å². The SMILES string of the molecule is CC(C)Oc1ccccc1NC1CCCC1(C)C. The van der Waals surface area contributed by atoms with E-state index in [9.17, 15) is 0 Å². The lowest BCUT2D eigenvalue weighted by molar-refractivity contribution is 0.243. The van der Waals surface area contributed by atoms with Gasteiger partial charge in [0.1, 0.15) is 5.75 Å². The van der Waals surface area contributed by atoms with E-state index in [-0.39, 0.29) is 6.10 Å². The van der Waals surface area contributed by atoms with Gasteiger partial charge in [0, 0.05) is 6.04 Å². The largest absolute Gasteiger partial charge is 0.489 e. The standard InChI is InChI=1S/C16H25NO/c1-12(2)18-14-9-6-5-8-13(14)17-15-10-7-11-16(15,3)4/h5-6,8-9,12,15,17H,7,10-11H2,1-4H3. The summed E-state index contributed by atoms with van der Waals surface area (Å²) < 4.78 is 5.86. The Morgan fingerprint density at radius 3 is 2.61 bits per heavy atom. The Morgan fingerprint density at radius 1 is 1.28 bits per heavy atom. The lowest BCUT2D eigenvalue weighted by atomic mass is 9.87. The minimum atomic E-state index is 0.213. The highest BCUT2D eigenvalue weighted by molar-refractivity contribution is 5.57. The van der Waals surface area contributed by atoms with Crippen molar-refractivity contribution in [2.45, 2.75) is 59.1 Å². The Balaban J connectivity index is 2.13. The van der Waals surface area contributed by atoms with Crippen molar-refractivity contribution < 1.29 is 4.74 Å². The van der Waals surface area contributed by atoms with Gasteiger partial charge >= 0.3 is 0 Å². The van der Waals surface area contributed by atoms with Gasteiger partial charge in [0.15, 0.2) is 0 Å². The van der Waals surface area contributed by atoms with Crippen LogP contribution < -0.4 is 10.1 Å². The van der Waals surface area contributed by atoms with Crippen LogP contribution in [0.2, 0.25) is 0 Å². The second-order valence-corrected chi connectivity index (χ2v) is 6.24. The first kappa shape index (κ1) is 13.3. The first-order valence-corrected chi connectivity index (χ1v) is 7.01. The van der Waals surface area contributed by atoms with E-state index in [1.807, 2.05) is 12.1 Å². The van der Waals surface area contributed by atoms with Crippen LogP contribution in [0, 0.1) is 5.41 Å². The Hall–Kier alpha value is -1.18. The van der Waals surface area contributed by atoms with Gasteiger partial charge in [-0.2, -0.15) is 0 Å². The van der Waals surface area contributed by atoms with Crippen molar-refractivity contribution in [1.29, 1.82) is 0 Å². The summed E-state index contributed by atoms with van der Waals surface area (Å²) in [7, 11) is 0. The Morgan fingerprint density at radius 2 is 2.00 bits per heavy atom. The molecule has 0 bridgehead atoms. The maximum absolute atomic E-state index is 5.86. The van der Waals surface area contributed by atoms with Gasteiger partial charge in [0.25, 0.3) is 0 Å². The summed E-state index contributed by atoms with van der Waals surface area (Å²) in [6, 6.07) is 8.81. The molecule has 0 heterocycles. The zero-order valence-corrected chi connectivity index (χ0v) is 12.0. The normalized spacial score (nSPS) is 22.2. The molecule has 0 aromatic heterocycles. The summed E-state index contributed by atoms with van der Waals surface area (Å²) in [6.07, 6.45) is 4.09. The predicted octanol–water partition coefficient (Wildman–Crippen LogP) is 4.46. The van der Waals surface area contributed by atoms with E-state index in [0.29, 0.717) is 11.5 Å². The number of ether oxygens (including phenoxy) is 1. The summed E-state index contributed by atoms with van der Waals surface area (Å²) in [5.74, 6) is 0.968. The summed E-state index contributed by atoms with van der Waals surface area (Å²) in [5.41, 5.74) is 1.51. The van der Waals surface area contributed by atoms with E-state index in [1.54, 1.807) is 0 Å². The molecule has 0 spiro atoms. The van der Waals surface area contributed by atoms with E-state index in [4.69, 9.17) is 4.74 Å². The van der Waals surface area contributed by atoms with E-state index in [2.05, 4.69) is 45.1 Å². The average molecular weight is 247 g/mol. The molecule has 0 amide bonds. The molecule has 1 fully saturated rings. The number of rotatable bonds is 4. The van der Waals surface area contributed by atoms with E-state index in [1.165, 1.54) is 19.3 Å². The summed E-state index contributed by atoms with van der Waals surface area (Å²) >= 11 is 0. The summed E-state index contributed by atoms with van der Waals surface area (Å²) in [6.45, 7) is 8.83. The third kappa shape index (κ3) is 2.98. The third-order valence-corrected chi connectivity index (χ3v) is 3.84. The van der Waals surface area contributed by atoms with Crippen molar-refractivity contribution in [1.82, 2.24) is 0 Å². The molecule has 0 saturated heterocycles. The fourth-order valence-electron chi connectivity index (χ4n) is 2.72. The van der Waals surface area contributed by atoms with Gasteiger partial charge in [-0.15, -0.1) is 0 Å². The molecule has 1 aliphatic rings. The summed E-state index contributed by atoms with van der Waals surface area (Å²) in [5, 5.41) is 3.68. The van der Waals surface area contributed by atoms with E-state index >= 15 is 0 Å². The van der Waals surface area contributed by atoms with Crippen LogP contribution in [0.15, 0.2) is 24.3 Å². The highest BCUT2D eigenvalue weighted by Gasteiger charge is 2.34. The number of anilines is 1. The van der Waals surface area contributed by atoms with Crippen molar-refractivity contribution in [2.75, 3.05) is 5.32 Å². The Kier molecular flexibility index (Phi) is 3.84. The van der Waals surface area contributed by atoms with Crippen molar-refractivity contribution in [3.8, 4) is 5.75 Å². The fourth-order valence-corrected chi connectivity index (χ4v) is 2.72. The molecule has 1 aliphatic carbocycles. The van der Waals surface area contributed by atoms with Crippen molar-refractivity contribution in [3.05, 3.63) is 24.3 Å². The molecule has 2 nitrogen and oxygen atoms in total. The first-order valence-electron chi connectivity index (χ1n) is 7.01. The maximum Gasteiger partial charge on any atom is 0.142 e.